The normalized spacial score (nSPS) is 11.6. The second kappa shape index (κ2) is 9.97. The first-order valence-corrected chi connectivity index (χ1v) is 11.1. The van der Waals surface area contributed by atoms with Gasteiger partial charge in [-0.2, -0.15) is 0 Å². The van der Waals surface area contributed by atoms with Crippen LogP contribution in [0, 0.1) is 5.41 Å². The van der Waals surface area contributed by atoms with E-state index in [4.69, 9.17) is 0 Å². The lowest BCUT2D eigenvalue weighted by Gasteiger charge is -2.35. The highest BCUT2D eigenvalue weighted by Crippen LogP contribution is 2.39. The molecule has 1 atom stereocenters. The van der Waals surface area contributed by atoms with Gasteiger partial charge in [0.2, 0.25) is 0 Å². The fourth-order valence-electron chi connectivity index (χ4n) is 4.05. The largest absolute Gasteiger partial charge is 0.354 e. The van der Waals surface area contributed by atoms with Crippen molar-refractivity contribution in [3.8, 4) is 0 Å². The van der Waals surface area contributed by atoms with Gasteiger partial charge in [-0.3, -0.25) is 5.41 Å². The van der Waals surface area contributed by atoms with E-state index in [1.54, 1.807) is 0 Å². The lowest BCUT2D eigenvalue weighted by atomic mass is 10.00. The summed E-state index contributed by atoms with van der Waals surface area (Å²) >= 11 is 0. The number of nitrogens with zero attached hydrogens (tertiary/aromatic N) is 1. The Morgan fingerprint density at radius 1 is 0.781 bits per heavy atom. The van der Waals surface area contributed by atoms with Gasteiger partial charge >= 0.3 is 0 Å². The zero-order chi connectivity index (χ0) is 22.3. The van der Waals surface area contributed by atoms with E-state index in [0.717, 1.165) is 29.0 Å². The van der Waals surface area contributed by atoms with Crippen LogP contribution in [-0.2, 0) is 6.42 Å². The highest BCUT2D eigenvalue weighted by atomic mass is 15.2. The third-order valence-electron chi connectivity index (χ3n) is 5.75. The molecule has 160 valence electrons. The van der Waals surface area contributed by atoms with Crippen LogP contribution in [0.2, 0.25) is 0 Å². The fraction of sp³-hybridized carbons (Fsp3) is 0.138. The number of para-hydroxylation sites is 2. The molecule has 0 radical (unpaired) electrons. The zero-order valence-corrected chi connectivity index (χ0v) is 18.6. The van der Waals surface area contributed by atoms with Crippen LogP contribution in [0.4, 0.5) is 17.1 Å². The average Bonchev–Trinajstić information content (AvgIpc) is 2.86. The van der Waals surface area contributed by atoms with Crippen molar-refractivity contribution in [2.75, 3.05) is 10.2 Å². The van der Waals surface area contributed by atoms with Crippen molar-refractivity contribution in [1.82, 2.24) is 0 Å². The van der Waals surface area contributed by atoms with Crippen LogP contribution in [0.25, 0.3) is 0 Å². The van der Waals surface area contributed by atoms with E-state index in [0.29, 0.717) is 5.84 Å². The minimum atomic E-state index is -0.0204. The van der Waals surface area contributed by atoms with Crippen molar-refractivity contribution in [2.24, 2.45) is 0 Å². The highest BCUT2D eigenvalue weighted by molar-refractivity contribution is 6.10. The summed E-state index contributed by atoms with van der Waals surface area (Å²) < 4.78 is 0. The van der Waals surface area contributed by atoms with Gasteiger partial charge in [0.15, 0.2) is 0 Å². The lowest BCUT2D eigenvalue weighted by molar-refractivity contribution is 0.785. The van der Waals surface area contributed by atoms with E-state index in [1.807, 2.05) is 54.6 Å². The maximum Gasteiger partial charge on any atom is 0.133 e. The summed E-state index contributed by atoms with van der Waals surface area (Å²) in [6.45, 7) is 4.34. The molecule has 4 aromatic carbocycles. The van der Waals surface area contributed by atoms with Gasteiger partial charge in [-0.15, -0.1) is 0 Å². The van der Waals surface area contributed by atoms with E-state index in [-0.39, 0.29) is 6.04 Å². The van der Waals surface area contributed by atoms with Crippen LogP contribution in [0.3, 0.4) is 0 Å². The minimum absolute atomic E-state index is 0.0204. The summed E-state index contributed by atoms with van der Waals surface area (Å²) in [4.78, 5) is 2.16. The van der Waals surface area contributed by atoms with Crippen LogP contribution in [0.1, 0.15) is 36.6 Å². The molecule has 3 nitrogen and oxygen atoms in total. The molecule has 0 amide bonds. The summed E-state index contributed by atoms with van der Waals surface area (Å²) in [5.74, 6) is 0.485. The molecule has 0 fully saturated rings. The Balaban J connectivity index is 1.88. The monoisotopic (exact) mass is 419 g/mol. The number of rotatable bonds is 7. The molecular formula is C29H29N3. The van der Waals surface area contributed by atoms with E-state index < -0.39 is 0 Å². The molecule has 0 aromatic heterocycles. The fourth-order valence-corrected chi connectivity index (χ4v) is 4.05. The summed E-state index contributed by atoms with van der Waals surface area (Å²) in [5.41, 5.74) is 6.34. The number of hydrogen-bond acceptors (Lipinski definition) is 2. The third-order valence-corrected chi connectivity index (χ3v) is 5.75. The van der Waals surface area contributed by atoms with Crippen molar-refractivity contribution in [2.45, 2.75) is 26.3 Å². The minimum Gasteiger partial charge on any atom is -0.354 e. The molecule has 0 aliphatic heterocycles. The summed E-state index contributed by atoms with van der Waals surface area (Å²) in [6, 6.07) is 36.9. The Labute approximate surface area is 190 Å². The average molecular weight is 420 g/mol. The predicted octanol–water partition coefficient (Wildman–Crippen LogP) is 7.59. The second-order valence-electron chi connectivity index (χ2n) is 7.83. The molecule has 4 rings (SSSR count). The van der Waals surface area contributed by atoms with E-state index in [2.05, 4.69) is 78.7 Å². The quantitative estimate of drug-likeness (QED) is 0.239. The predicted molar refractivity (Wildman–Crippen MR) is 136 cm³/mol. The van der Waals surface area contributed by atoms with E-state index in [1.165, 1.54) is 11.1 Å². The topological polar surface area (TPSA) is 39.1 Å². The van der Waals surface area contributed by atoms with Crippen molar-refractivity contribution in [1.29, 1.82) is 5.41 Å². The molecule has 2 N–H and O–H groups in total. The highest BCUT2D eigenvalue weighted by Gasteiger charge is 2.26. The Bertz CT molecular complexity index is 1150. The Morgan fingerprint density at radius 3 is 2.00 bits per heavy atom. The Morgan fingerprint density at radius 2 is 1.38 bits per heavy atom. The number of amidine groups is 1. The van der Waals surface area contributed by atoms with Crippen LogP contribution in [0.15, 0.2) is 109 Å². The standard InChI is InChI=1S/C29H29N3/c1-3-23-18-13-21-27(31-26-19-11-6-12-20-26)28(23)32(22(2)24-14-7-4-8-15-24)29(30)25-16-9-5-10-17-25/h4-22,30-31H,3H2,1-2H3. The first-order chi connectivity index (χ1) is 15.7. The molecule has 32 heavy (non-hydrogen) atoms. The molecule has 0 spiro atoms. The maximum atomic E-state index is 9.25. The Kier molecular flexibility index (Phi) is 6.66. The number of aryl methyl sites for hydroxylation is 1. The van der Waals surface area contributed by atoms with Gasteiger partial charge in [0.25, 0.3) is 0 Å². The number of benzene rings is 4. The molecule has 0 aliphatic carbocycles. The van der Waals surface area contributed by atoms with Gasteiger partial charge in [-0.1, -0.05) is 97.9 Å². The third kappa shape index (κ3) is 4.57. The number of hydrogen-bond donors (Lipinski definition) is 2. The molecule has 4 aromatic rings. The lowest BCUT2D eigenvalue weighted by Crippen LogP contribution is -2.35. The molecular weight excluding hydrogens is 390 g/mol. The van der Waals surface area contributed by atoms with E-state index in [9.17, 15) is 5.41 Å². The van der Waals surface area contributed by atoms with Crippen molar-refractivity contribution < 1.29 is 0 Å². The van der Waals surface area contributed by atoms with Crippen molar-refractivity contribution in [3.63, 3.8) is 0 Å². The molecule has 0 bridgehead atoms. The number of nitrogens with one attached hydrogen (secondary N) is 2. The van der Waals surface area contributed by atoms with Gasteiger partial charge in [0, 0.05) is 11.3 Å². The summed E-state index contributed by atoms with van der Waals surface area (Å²) in [5, 5.41) is 12.9. The van der Waals surface area contributed by atoms with Crippen molar-refractivity contribution in [3.05, 3.63) is 126 Å². The van der Waals surface area contributed by atoms with Crippen LogP contribution in [-0.4, -0.2) is 5.84 Å². The summed E-state index contributed by atoms with van der Waals surface area (Å²) in [7, 11) is 0. The van der Waals surface area contributed by atoms with Crippen LogP contribution >= 0.6 is 0 Å². The van der Waals surface area contributed by atoms with Gasteiger partial charge in [0.1, 0.15) is 5.84 Å². The summed E-state index contributed by atoms with van der Waals surface area (Å²) in [6.07, 6.45) is 0.875. The van der Waals surface area contributed by atoms with Gasteiger partial charge in [0.05, 0.1) is 17.4 Å². The number of anilines is 3. The molecule has 0 aliphatic rings. The van der Waals surface area contributed by atoms with Gasteiger partial charge in [-0.25, -0.2) is 0 Å². The maximum absolute atomic E-state index is 9.25. The van der Waals surface area contributed by atoms with Crippen LogP contribution < -0.4 is 10.2 Å². The Hall–Kier alpha value is -3.85. The molecule has 0 heterocycles. The van der Waals surface area contributed by atoms with Gasteiger partial charge in [-0.05, 0) is 42.7 Å². The molecule has 0 saturated carbocycles. The van der Waals surface area contributed by atoms with E-state index >= 15 is 0 Å². The molecule has 3 heteroatoms. The van der Waals surface area contributed by atoms with Crippen molar-refractivity contribution >= 4 is 22.9 Å². The van der Waals surface area contributed by atoms with Crippen LogP contribution in [0.5, 0.6) is 0 Å². The first kappa shape index (κ1) is 21.4. The van der Waals surface area contributed by atoms with Gasteiger partial charge < -0.3 is 10.2 Å². The molecule has 0 saturated heterocycles. The zero-order valence-electron chi connectivity index (χ0n) is 18.6. The SMILES string of the molecule is CCc1cccc(Nc2ccccc2)c1N(C(=N)c1ccccc1)C(C)c1ccccc1. The first-order valence-electron chi connectivity index (χ1n) is 11.1. The second-order valence-corrected chi connectivity index (χ2v) is 7.83. The molecule has 1 unspecified atom stereocenters. The smallest absolute Gasteiger partial charge is 0.133 e.